The molecule has 0 rings (SSSR count). The van der Waals surface area contributed by atoms with E-state index in [9.17, 15) is 19.5 Å². The molecule has 0 aliphatic heterocycles. The molecule has 0 unspecified atom stereocenters. The van der Waals surface area contributed by atoms with Crippen molar-refractivity contribution in [3.05, 3.63) is 0 Å². The molecule has 0 radical (unpaired) electrons. The van der Waals surface area contributed by atoms with Crippen LogP contribution >= 0.6 is 0 Å². The van der Waals surface area contributed by atoms with Crippen molar-refractivity contribution in [2.24, 2.45) is 5.73 Å². The summed E-state index contributed by atoms with van der Waals surface area (Å²) in [6.45, 7) is 11.0. The van der Waals surface area contributed by atoms with Gasteiger partial charge in [0, 0.05) is 6.54 Å². The highest BCUT2D eigenvalue weighted by atomic mass is 16.6. The third-order valence-electron chi connectivity index (χ3n) is 3.51. The molecule has 0 aromatic heterocycles. The number of nitrogens with one attached hydrogen (secondary N) is 3. The zero-order valence-electron chi connectivity index (χ0n) is 18.5. The van der Waals surface area contributed by atoms with E-state index in [-0.39, 0.29) is 6.61 Å². The van der Waals surface area contributed by atoms with Crippen LogP contribution in [-0.2, 0) is 14.3 Å². The van der Waals surface area contributed by atoms with Gasteiger partial charge >= 0.3 is 12.2 Å². The smallest absolute Gasteiger partial charge is 0.407 e. The van der Waals surface area contributed by atoms with Gasteiger partial charge in [-0.25, -0.2) is 9.59 Å². The zero-order valence-corrected chi connectivity index (χ0v) is 18.5. The van der Waals surface area contributed by atoms with Crippen LogP contribution in [0.5, 0.6) is 0 Å². The second kappa shape index (κ2) is 12.5. The molecule has 0 fully saturated rings. The minimum atomic E-state index is -0.632. The van der Waals surface area contributed by atoms with Crippen LogP contribution in [-0.4, -0.2) is 66.2 Å². The number of nitrogens with two attached hydrogens (primary N) is 1. The van der Waals surface area contributed by atoms with Crippen LogP contribution in [0.15, 0.2) is 0 Å². The molecule has 0 spiro atoms. The van der Waals surface area contributed by atoms with Crippen molar-refractivity contribution in [2.75, 3.05) is 19.7 Å². The van der Waals surface area contributed by atoms with Gasteiger partial charge in [0.2, 0.25) is 5.91 Å². The Morgan fingerprint density at radius 3 is 1.97 bits per heavy atom. The highest BCUT2D eigenvalue weighted by Crippen LogP contribution is 2.08. The lowest BCUT2D eigenvalue weighted by molar-refractivity contribution is -0.120. The number of alkyl carbamates (subject to hydrolysis) is 2. The highest BCUT2D eigenvalue weighted by Gasteiger charge is 2.20. The van der Waals surface area contributed by atoms with E-state index < -0.39 is 41.4 Å². The molecule has 29 heavy (non-hydrogen) atoms. The van der Waals surface area contributed by atoms with E-state index in [4.69, 9.17) is 15.2 Å². The van der Waals surface area contributed by atoms with Crippen LogP contribution in [0.1, 0.15) is 60.8 Å². The van der Waals surface area contributed by atoms with Crippen molar-refractivity contribution in [1.82, 2.24) is 16.0 Å². The van der Waals surface area contributed by atoms with Crippen molar-refractivity contribution in [3.8, 4) is 0 Å². The monoisotopic (exact) mass is 418 g/mol. The first kappa shape index (κ1) is 26.9. The van der Waals surface area contributed by atoms with Crippen LogP contribution in [0.4, 0.5) is 9.59 Å². The number of primary amides is 1. The average Bonchev–Trinajstić information content (AvgIpc) is 2.52. The molecule has 3 amide bonds. The summed E-state index contributed by atoms with van der Waals surface area (Å²) in [5.41, 5.74) is 4.21. The van der Waals surface area contributed by atoms with E-state index >= 15 is 0 Å². The first-order valence-electron chi connectivity index (χ1n) is 9.83. The Kier molecular flexibility index (Phi) is 11.6. The Bertz CT molecular complexity index is 528. The summed E-state index contributed by atoms with van der Waals surface area (Å²) in [4.78, 5) is 35.0. The molecule has 0 aliphatic rings. The summed E-state index contributed by atoms with van der Waals surface area (Å²) in [6, 6.07) is -1.10. The molecule has 6 N–H and O–H groups in total. The normalized spacial score (nSPS) is 13.9. The lowest BCUT2D eigenvalue weighted by atomic mass is 10.1. The number of aliphatic hydroxyl groups is 1. The fourth-order valence-electron chi connectivity index (χ4n) is 2.27. The molecular formula is C19H38N4O6. The third kappa shape index (κ3) is 15.5. The predicted octanol–water partition coefficient (Wildman–Crippen LogP) is 1.01. The van der Waals surface area contributed by atoms with Crippen LogP contribution in [0, 0.1) is 0 Å². The van der Waals surface area contributed by atoms with Gasteiger partial charge in [-0.1, -0.05) is 0 Å². The Hall–Kier alpha value is -2.07. The lowest BCUT2D eigenvalue weighted by Gasteiger charge is -2.23. The fourth-order valence-corrected chi connectivity index (χ4v) is 2.27. The van der Waals surface area contributed by atoms with Gasteiger partial charge < -0.3 is 36.3 Å². The fraction of sp³-hybridized carbons (Fsp3) is 0.842. The molecule has 0 aromatic rings. The molecular weight excluding hydrogens is 380 g/mol. The number of aliphatic hydroxyl groups excluding tert-OH is 1. The number of rotatable bonds is 11. The van der Waals surface area contributed by atoms with Crippen molar-refractivity contribution in [1.29, 1.82) is 0 Å². The van der Waals surface area contributed by atoms with Crippen molar-refractivity contribution >= 4 is 18.1 Å². The lowest BCUT2D eigenvalue weighted by Crippen LogP contribution is -2.46. The SMILES string of the molecule is CC(C)(C)OC(=O)NCCC[C@H](NCC[C@@H](CO)NC(=O)OC(C)(C)C)C(N)=O. The maximum atomic E-state index is 11.8. The van der Waals surface area contributed by atoms with Gasteiger partial charge in [-0.2, -0.15) is 0 Å². The number of hydrogen-bond acceptors (Lipinski definition) is 7. The maximum absolute atomic E-state index is 11.8. The van der Waals surface area contributed by atoms with Crippen LogP contribution in [0.2, 0.25) is 0 Å². The molecule has 0 saturated carbocycles. The van der Waals surface area contributed by atoms with E-state index in [1.807, 2.05) is 0 Å². The minimum absolute atomic E-state index is 0.262. The first-order chi connectivity index (χ1) is 13.2. The summed E-state index contributed by atoms with van der Waals surface area (Å²) >= 11 is 0. The third-order valence-corrected chi connectivity index (χ3v) is 3.51. The Labute approximate surface area is 173 Å². The molecule has 2 atom stereocenters. The summed E-state index contributed by atoms with van der Waals surface area (Å²) in [5.74, 6) is -0.511. The van der Waals surface area contributed by atoms with Crippen LogP contribution < -0.4 is 21.7 Å². The highest BCUT2D eigenvalue weighted by molar-refractivity contribution is 5.79. The van der Waals surface area contributed by atoms with Gasteiger partial charge in [0.15, 0.2) is 0 Å². The van der Waals surface area contributed by atoms with Crippen LogP contribution in [0.25, 0.3) is 0 Å². The van der Waals surface area contributed by atoms with E-state index in [0.29, 0.717) is 32.4 Å². The first-order valence-corrected chi connectivity index (χ1v) is 9.83. The zero-order chi connectivity index (χ0) is 22.7. The van der Waals surface area contributed by atoms with E-state index in [1.165, 1.54) is 0 Å². The van der Waals surface area contributed by atoms with Gasteiger partial charge in [-0.15, -0.1) is 0 Å². The molecule has 0 heterocycles. The topological polar surface area (TPSA) is 152 Å². The average molecular weight is 419 g/mol. The largest absolute Gasteiger partial charge is 0.444 e. The standard InChI is InChI=1S/C19H38N4O6/c1-18(2,3)28-16(26)22-10-7-8-14(15(20)25)21-11-9-13(12-24)23-17(27)29-19(4,5)6/h13-14,21,24H,7-12H2,1-6H3,(H2,20,25)(H,22,26)(H,23,27)/t13-,14-/m0/s1. The Morgan fingerprint density at radius 2 is 1.48 bits per heavy atom. The van der Waals surface area contributed by atoms with E-state index in [2.05, 4.69) is 16.0 Å². The number of carbonyl (C=O) groups is 3. The number of ether oxygens (including phenoxy) is 2. The number of hydrogen-bond donors (Lipinski definition) is 5. The second-order valence-electron chi connectivity index (χ2n) is 8.79. The Balaban J connectivity index is 4.24. The predicted molar refractivity (Wildman–Crippen MR) is 109 cm³/mol. The van der Waals surface area contributed by atoms with E-state index in [1.54, 1.807) is 41.5 Å². The van der Waals surface area contributed by atoms with E-state index in [0.717, 1.165) is 0 Å². The summed E-state index contributed by atoms with van der Waals surface area (Å²) in [5, 5.41) is 17.6. The molecule has 0 aromatic carbocycles. The summed E-state index contributed by atoms with van der Waals surface area (Å²) < 4.78 is 10.3. The quantitative estimate of drug-likeness (QED) is 0.314. The Morgan fingerprint density at radius 1 is 0.931 bits per heavy atom. The van der Waals surface area contributed by atoms with Crippen LogP contribution in [0.3, 0.4) is 0 Å². The van der Waals surface area contributed by atoms with Crippen molar-refractivity contribution in [2.45, 2.75) is 84.1 Å². The van der Waals surface area contributed by atoms with Gasteiger partial charge in [-0.05, 0) is 67.3 Å². The van der Waals surface area contributed by atoms with Gasteiger partial charge in [-0.3, -0.25) is 4.79 Å². The summed E-state index contributed by atoms with van der Waals surface area (Å²) in [6.07, 6.45) is 0.208. The van der Waals surface area contributed by atoms with Gasteiger partial charge in [0.25, 0.3) is 0 Å². The summed E-state index contributed by atoms with van der Waals surface area (Å²) in [7, 11) is 0. The molecule has 10 heteroatoms. The van der Waals surface area contributed by atoms with Crippen molar-refractivity contribution < 1.29 is 29.0 Å². The molecule has 170 valence electrons. The second-order valence-corrected chi connectivity index (χ2v) is 8.79. The molecule has 0 saturated heterocycles. The molecule has 0 aliphatic carbocycles. The number of amides is 3. The van der Waals surface area contributed by atoms with Gasteiger partial charge in [0.1, 0.15) is 11.2 Å². The van der Waals surface area contributed by atoms with Gasteiger partial charge in [0.05, 0.1) is 18.7 Å². The minimum Gasteiger partial charge on any atom is -0.444 e. The van der Waals surface area contributed by atoms with Crippen molar-refractivity contribution in [3.63, 3.8) is 0 Å². The molecule has 0 bridgehead atoms. The molecule has 10 nitrogen and oxygen atoms in total. The maximum Gasteiger partial charge on any atom is 0.407 e. The number of carbonyl (C=O) groups excluding carboxylic acids is 3.